The Morgan fingerprint density at radius 2 is 2.03 bits per heavy atom. The maximum absolute atomic E-state index is 13.7. The number of hydrogen-bond donors (Lipinski definition) is 3. The fraction of sp³-hybridized carbons (Fsp3) is 0.704. The average molecular weight is 515 g/mol. The van der Waals surface area contributed by atoms with Gasteiger partial charge in [-0.05, 0) is 57.5 Å². The molecule has 1 aromatic heterocycles. The van der Waals surface area contributed by atoms with Gasteiger partial charge in [0.25, 0.3) is 0 Å². The van der Waals surface area contributed by atoms with Crippen LogP contribution in [0, 0.1) is 17.3 Å². The van der Waals surface area contributed by atoms with Gasteiger partial charge in [-0.25, -0.2) is 0 Å². The molecule has 0 radical (unpaired) electrons. The lowest BCUT2D eigenvalue weighted by atomic mass is 9.74. The average Bonchev–Trinajstić information content (AvgIpc) is 3.26. The molecule has 0 saturated carbocycles. The minimum Gasteiger partial charge on any atom is -0.381 e. The highest BCUT2D eigenvalue weighted by atomic mass is 16.5. The molecule has 3 atom stereocenters. The van der Waals surface area contributed by atoms with Crippen LogP contribution in [0.3, 0.4) is 0 Å². The van der Waals surface area contributed by atoms with Crippen LogP contribution in [0.2, 0.25) is 0 Å². The number of nitrogens with one attached hydrogen (secondary N) is 3. The number of fused-ring (bicyclic) bond motifs is 1. The van der Waals surface area contributed by atoms with Gasteiger partial charge in [-0.1, -0.05) is 26.0 Å². The number of carbonyl (C=O) groups is 3. The van der Waals surface area contributed by atoms with Crippen molar-refractivity contribution in [1.82, 2.24) is 25.3 Å². The van der Waals surface area contributed by atoms with E-state index in [2.05, 4.69) is 51.9 Å². The summed E-state index contributed by atoms with van der Waals surface area (Å²) in [6, 6.07) is 1.26. The molecule has 4 rings (SSSR count). The van der Waals surface area contributed by atoms with Crippen LogP contribution >= 0.6 is 0 Å². The molecule has 10 nitrogen and oxygen atoms in total. The normalized spacial score (nSPS) is 27.9. The van der Waals surface area contributed by atoms with Crippen molar-refractivity contribution in [3.05, 3.63) is 24.4 Å². The van der Waals surface area contributed by atoms with Crippen LogP contribution in [0.4, 0.5) is 5.82 Å². The van der Waals surface area contributed by atoms with E-state index < -0.39 is 11.5 Å². The number of amides is 3. The molecule has 0 aliphatic carbocycles. The predicted molar refractivity (Wildman–Crippen MR) is 141 cm³/mol. The van der Waals surface area contributed by atoms with Crippen molar-refractivity contribution >= 4 is 23.5 Å². The van der Waals surface area contributed by atoms with Crippen LogP contribution in [0.5, 0.6) is 0 Å². The van der Waals surface area contributed by atoms with Crippen molar-refractivity contribution in [2.24, 2.45) is 24.3 Å². The standard InChI is InChI=1S/C27H42N6O4/c1-19(2)16-22-25(35)28-21-8-15-37-18-20(21)6-4-5-9-27(26(36)29-22)10-13-33(14-11-27)17-24(34)30-23-7-12-32(3)31-23/h4-5,7,12,19-22H,6,8-11,13-18H2,1-3H3,(H,28,35)(H,29,36)(H,30,31,34)/b5-4-/t20-,21+,22-/m1/s1. The Morgan fingerprint density at radius 3 is 2.73 bits per heavy atom. The van der Waals surface area contributed by atoms with Crippen molar-refractivity contribution in [3.8, 4) is 0 Å². The number of aromatic nitrogens is 2. The molecular weight excluding hydrogens is 472 g/mol. The third-order valence-corrected chi connectivity index (χ3v) is 7.89. The van der Waals surface area contributed by atoms with E-state index in [0.29, 0.717) is 57.8 Å². The first kappa shape index (κ1) is 27.3. The molecule has 3 N–H and O–H groups in total. The number of aryl methyl sites for hydroxylation is 1. The summed E-state index contributed by atoms with van der Waals surface area (Å²) >= 11 is 0. The third-order valence-electron chi connectivity index (χ3n) is 7.89. The molecule has 1 aromatic rings. The van der Waals surface area contributed by atoms with Crippen LogP contribution in [0.15, 0.2) is 24.4 Å². The molecule has 3 amide bonds. The highest BCUT2D eigenvalue weighted by Crippen LogP contribution is 2.37. The van der Waals surface area contributed by atoms with Gasteiger partial charge in [0.15, 0.2) is 5.82 Å². The summed E-state index contributed by atoms with van der Waals surface area (Å²) < 4.78 is 7.34. The van der Waals surface area contributed by atoms with Crippen molar-refractivity contribution in [3.63, 3.8) is 0 Å². The first-order valence-electron chi connectivity index (χ1n) is 13.6. The number of hydrogen-bond acceptors (Lipinski definition) is 6. The zero-order valence-corrected chi connectivity index (χ0v) is 22.4. The van der Waals surface area contributed by atoms with Gasteiger partial charge in [0.2, 0.25) is 17.7 Å². The maximum Gasteiger partial charge on any atom is 0.242 e. The van der Waals surface area contributed by atoms with E-state index in [1.807, 2.05) is 0 Å². The Labute approximate surface area is 219 Å². The summed E-state index contributed by atoms with van der Waals surface area (Å²) in [6.07, 6.45) is 10.2. The van der Waals surface area contributed by atoms with Gasteiger partial charge in [-0.15, -0.1) is 0 Å². The van der Waals surface area contributed by atoms with Crippen LogP contribution in [0.25, 0.3) is 0 Å². The first-order valence-corrected chi connectivity index (χ1v) is 13.6. The van der Waals surface area contributed by atoms with E-state index in [-0.39, 0.29) is 42.1 Å². The monoisotopic (exact) mass is 514 g/mol. The summed E-state index contributed by atoms with van der Waals surface area (Å²) in [5.74, 6) is 0.770. The second-order valence-corrected chi connectivity index (χ2v) is 11.3. The molecule has 0 bridgehead atoms. The predicted octanol–water partition coefficient (Wildman–Crippen LogP) is 1.84. The molecule has 1 spiro atoms. The lowest BCUT2D eigenvalue weighted by Crippen LogP contribution is -2.57. The zero-order valence-electron chi connectivity index (χ0n) is 22.4. The second-order valence-electron chi connectivity index (χ2n) is 11.3. The van der Waals surface area contributed by atoms with Crippen molar-refractivity contribution in [2.45, 2.75) is 64.5 Å². The number of carbonyl (C=O) groups excluding carboxylic acids is 3. The molecule has 0 unspecified atom stereocenters. The fourth-order valence-electron chi connectivity index (χ4n) is 5.63. The largest absolute Gasteiger partial charge is 0.381 e. The lowest BCUT2D eigenvalue weighted by molar-refractivity contribution is -0.138. The molecule has 0 aromatic carbocycles. The van der Waals surface area contributed by atoms with E-state index in [1.165, 1.54) is 0 Å². The minimum absolute atomic E-state index is 0.0559. The Balaban J connectivity index is 1.44. The molecule has 10 heteroatoms. The smallest absolute Gasteiger partial charge is 0.242 e. The van der Waals surface area contributed by atoms with E-state index in [1.54, 1.807) is 24.0 Å². The van der Waals surface area contributed by atoms with Crippen LogP contribution in [-0.4, -0.2) is 77.3 Å². The number of anilines is 1. The van der Waals surface area contributed by atoms with E-state index >= 15 is 0 Å². The highest BCUT2D eigenvalue weighted by molar-refractivity contribution is 5.92. The van der Waals surface area contributed by atoms with Crippen LogP contribution in [0.1, 0.15) is 52.4 Å². The van der Waals surface area contributed by atoms with Gasteiger partial charge in [0, 0.05) is 37.9 Å². The van der Waals surface area contributed by atoms with E-state index in [9.17, 15) is 14.4 Å². The summed E-state index contributed by atoms with van der Waals surface area (Å²) in [6.45, 7) is 6.95. The van der Waals surface area contributed by atoms with E-state index in [4.69, 9.17) is 4.74 Å². The quantitative estimate of drug-likeness (QED) is 0.516. The molecule has 4 heterocycles. The third kappa shape index (κ3) is 7.19. The van der Waals surface area contributed by atoms with Gasteiger partial charge >= 0.3 is 0 Å². The molecule has 37 heavy (non-hydrogen) atoms. The Hall–Kier alpha value is -2.72. The molecule has 2 fully saturated rings. The number of ether oxygens (including phenoxy) is 1. The number of allylic oxidation sites excluding steroid dienone is 2. The first-order chi connectivity index (χ1) is 17.7. The SMILES string of the molecule is CC(C)C[C@H]1NC(=O)C2(C/C=C\C[C@@H]3COCC[C@@H]3NC1=O)CCN(CC(=O)Nc1ccn(C)n1)CC2. The Bertz CT molecular complexity index is 981. The highest BCUT2D eigenvalue weighted by Gasteiger charge is 2.42. The number of likely N-dealkylation sites (tertiary alicyclic amines) is 1. The minimum atomic E-state index is -0.596. The Kier molecular flexibility index (Phi) is 9.02. The van der Waals surface area contributed by atoms with Crippen molar-refractivity contribution in [1.29, 1.82) is 0 Å². The Morgan fingerprint density at radius 1 is 1.24 bits per heavy atom. The van der Waals surface area contributed by atoms with Crippen LogP contribution < -0.4 is 16.0 Å². The molecule has 3 aliphatic heterocycles. The number of piperidine rings is 1. The molecule has 3 aliphatic rings. The fourth-order valence-corrected chi connectivity index (χ4v) is 5.63. The van der Waals surface area contributed by atoms with Gasteiger partial charge in [0.05, 0.1) is 18.6 Å². The van der Waals surface area contributed by atoms with Crippen molar-refractivity contribution in [2.75, 3.05) is 38.2 Å². The summed E-state index contributed by atoms with van der Waals surface area (Å²) in [7, 11) is 1.80. The molecule has 2 saturated heterocycles. The van der Waals surface area contributed by atoms with Gasteiger partial charge in [-0.2, -0.15) is 5.10 Å². The number of rotatable bonds is 5. The maximum atomic E-state index is 13.7. The molecule has 204 valence electrons. The van der Waals surface area contributed by atoms with Gasteiger partial charge in [0.1, 0.15) is 6.04 Å². The summed E-state index contributed by atoms with van der Waals surface area (Å²) in [5, 5.41) is 13.4. The van der Waals surface area contributed by atoms with Gasteiger partial charge < -0.3 is 20.7 Å². The van der Waals surface area contributed by atoms with Gasteiger partial charge in [-0.3, -0.25) is 24.0 Å². The lowest BCUT2D eigenvalue weighted by Gasteiger charge is -2.41. The second kappa shape index (κ2) is 12.2. The van der Waals surface area contributed by atoms with Crippen molar-refractivity contribution < 1.29 is 19.1 Å². The summed E-state index contributed by atoms with van der Waals surface area (Å²) in [4.78, 5) is 41.7. The molecular formula is C27H42N6O4. The number of nitrogens with zero attached hydrogens (tertiary/aromatic N) is 3. The topological polar surface area (TPSA) is 118 Å². The van der Waals surface area contributed by atoms with E-state index in [0.717, 1.165) is 12.8 Å². The summed E-state index contributed by atoms with van der Waals surface area (Å²) in [5.41, 5.74) is -0.596. The zero-order chi connectivity index (χ0) is 26.4. The van der Waals surface area contributed by atoms with Crippen LogP contribution in [-0.2, 0) is 26.2 Å².